The third-order valence-corrected chi connectivity index (χ3v) is 6.45. The molecule has 1 saturated heterocycles. The second-order valence-electron chi connectivity index (χ2n) is 4.67. The molecular weight excluding hydrogens is 280 g/mol. The van der Waals surface area contributed by atoms with E-state index >= 15 is 0 Å². The number of hydrogen-bond donors (Lipinski definition) is 1. The van der Waals surface area contributed by atoms with Crippen molar-refractivity contribution in [1.82, 2.24) is 4.31 Å². The molecule has 0 atom stereocenters. The monoisotopic (exact) mass is 296 g/mol. The summed E-state index contributed by atoms with van der Waals surface area (Å²) in [6.45, 7) is 1.29. The fraction of sp³-hybridized carbons (Fsp3) is 0.385. The first kappa shape index (κ1) is 12.9. The molecule has 1 aromatic heterocycles. The Labute approximate surface area is 117 Å². The van der Waals surface area contributed by atoms with Gasteiger partial charge in [-0.25, -0.2) is 8.42 Å². The van der Waals surface area contributed by atoms with E-state index in [2.05, 4.69) is 5.32 Å². The highest BCUT2D eigenvalue weighted by Gasteiger charge is 2.27. The van der Waals surface area contributed by atoms with Gasteiger partial charge < -0.3 is 5.32 Å². The van der Waals surface area contributed by atoms with Crippen molar-refractivity contribution in [3.63, 3.8) is 0 Å². The zero-order chi connectivity index (χ0) is 13.5. The van der Waals surface area contributed by atoms with Gasteiger partial charge in [0.15, 0.2) is 0 Å². The van der Waals surface area contributed by atoms with Crippen LogP contribution < -0.4 is 5.32 Å². The molecule has 0 spiro atoms. The van der Waals surface area contributed by atoms with E-state index in [1.807, 2.05) is 19.2 Å². The van der Waals surface area contributed by atoms with Crippen molar-refractivity contribution < 1.29 is 8.42 Å². The summed E-state index contributed by atoms with van der Waals surface area (Å²) in [6, 6.07) is 7.42. The highest BCUT2D eigenvalue weighted by Crippen LogP contribution is 2.32. The van der Waals surface area contributed by atoms with Gasteiger partial charge in [-0.1, -0.05) is 6.07 Å². The SMILES string of the molecule is CNc1cc2ccc(S(=O)(=O)N3CCCC3)cc2s1. The molecule has 4 nitrogen and oxygen atoms in total. The van der Waals surface area contributed by atoms with E-state index in [1.165, 1.54) is 0 Å². The molecule has 102 valence electrons. The summed E-state index contributed by atoms with van der Waals surface area (Å²) in [6.07, 6.45) is 1.93. The number of sulfonamides is 1. The van der Waals surface area contributed by atoms with Crippen molar-refractivity contribution in [3.8, 4) is 0 Å². The van der Waals surface area contributed by atoms with E-state index in [4.69, 9.17) is 0 Å². The first-order valence-corrected chi connectivity index (χ1v) is 8.58. The highest BCUT2D eigenvalue weighted by atomic mass is 32.2. The summed E-state index contributed by atoms with van der Waals surface area (Å²) >= 11 is 1.58. The van der Waals surface area contributed by atoms with Crippen LogP contribution in [0.1, 0.15) is 12.8 Å². The minimum absolute atomic E-state index is 0.409. The lowest BCUT2D eigenvalue weighted by Gasteiger charge is -2.15. The van der Waals surface area contributed by atoms with Gasteiger partial charge in [-0.05, 0) is 36.4 Å². The molecule has 2 aromatic rings. The molecule has 1 N–H and O–H groups in total. The number of thiophene rings is 1. The average molecular weight is 296 g/mol. The van der Waals surface area contributed by atoms with E-state index < -0.39 is 10.0 Å². The summed E-state index contributed by atoms with van der Waals surface area (Å²) in [5, 5.41) is 5.21. The highest BCUT2D eigenvalue weighted by molar-refractivity contribution is 7.89. The molecule has 1 fully saturated rings. The number of fused-ring (bicyclic) bond motifs is 1. The Morgan fingerprint density at radius 1 is 1.21 bits per heavy atom. The summed E-state index contributed by atoms with van der Waals surface area (Å²) in [7, 11) is -1.44. The van der Waals surface area contributed by atoms with Crippen molar-refractivity contribution in [2.24, 2.45) is 0 Å². The second-order valence-corrected chi connectivity index (χ2v) is 7.69. The van der Waals surface area contributed by atoms with Gasteiger partial charge in [0.2, 0.25) is 10.0 Å². The predicted molar refractivity (Wildman–Crippen MR) is 79.4 cm³/mol. The standard InChI is InChI=1S/C13H16N2O2S2/c1-14-13-8-10-4-5-11(9-12(10)18-13)19(16,17)15-6-2-3-7-15/h4-5,8-9,14H,2-3,6-7H2,1H3. The van der Waals surface area contributed by atoms with Crippen molar-refractivity contribution in [1.29, 1.82) is 0 Å². The molecule has 1 aromatic carbocycles. The minimum atomic E-state index is -3.31. The van der Waals surface area contributed by atoms with Crippen LogP contribution in [-0.4, -0.2) is 32.9 Å². The fourth-order valence-corrected chi connectivity index (χ4v) is 4.95. The number of nitrogens with zero attached hydrogens (tertiary/aromatic N) is 1. The Hall–Kier alpha value is -1.11. The maximum Gasteiger partial charge on any atom is 0.243 e. The van der Waals surface area contributed by atoms with E-state index in [-0.39, 0.29) is 0 Å². The quantitative estimate of drug-likeness (QED) is 0.947. The molecule has 0 unspecified atom stereocenters. The van der Waals surface area contributed by atoms with Crippen LogP contribution in [0.4, 0.5) is 5.00 Å². The van der Waals surface area contributed by atoms with Crippen LogP contribution in [0.5, 0.6) is 0 Å². The van der Waals surface area contributed by atoms with Crippen molar-refractivity contribution in [2.45, 2.75) is 17.7 Å². The van der Waals surface area contributed by atoms with Crippen molar-refractivity contribution >= 4 is 36.4 Å². The predicted octanol–water partition coefficient (Wildman–Crippen LogP) is 2.73. The number of nitrogens with one attached hydrogen (secondary N) is 1. The first-order valence-electron chi connectivity index (χ1n) is 6.33. The molecule has 6 heteroatoms. The van der Waals surface area contributed by atoms with Crippen LogP contribution in [0.3, 0.4) is 0 Å². The summed E-state index contributed by atoms with van der Waals surface area (Å²) in [5.74, 6) is 0. The van der Waals surface area contributed by atoms with Crippen LogP contribution in [0, 0.1) is 0 Å². The molecule has 1 aliphatic heterocycles. The molecule has 19 heavy (non-hydrogen) atoms. The topological polar surface area (TPSA) is 49.4 Å². The van der Waals surface area contributed by atoms with E-state index in [0.29, 0.717) is 18.0 Å². The van der Waals surface area contributed by atoms with Crippen LogP contribution in [-0.2, 0) is 10.0 Å². The van der Waals surface area contributed by atoms with Crippen LogP contribution in [0.15, 0.2) is 29.2 Å². The third kappa shape index (κ3) is 2.24. The Balaban J connectivity index is 2.04. The first-order chi connectivity index (χ1) is 9.11. The van der Waals surface area contributed by atoms with Gasteiger partial charge in [0.25, 0.3) is 0 Å². The van der Waals surface area contributed by atoms with E-state index in [9.17, 15) is 8.42 Å². The largest absolute Gasteiger partial charge is 0.380 e. The molecule has 0 amide bonds. The molecule has 2 heterocycles. The zero-order valence-corrected chi connectivity index (χ0v) is 12.4. The van der Waals surface area contributed by atoms with Crippen molar-refractivity contribution in [2.75, 3.05) is 25.5 Å². The van der Waals surface area contributed by atoms with Gasteiger partial charge in [0.1, 0.15) is 0 Å². The van der Waals surface area contributed by atoms with E-state index in [1.54, 1.807) is 27.8 Å². The molecule has 0 saturated carbocycles. The van der Waals surface area contributed by atoms with Gasteiger partial charge in [0.05, 0.1) is 9.90 Å². The van der Waals surface area contributed by atoms with Crippen LogP contribution in [0.2, 0.25) is 0 Å². The van der Waals surface area contributed by atoms with Crippen LogP contribution >= 0.6 is 11.3 Å². The Morgan fingerprint density at radius 3 is 2.63 bits per heavy atom. The number of benzene rings is 1. The lowest BCUT2D eigenvalue weighted by atomic mass is 10.3. The lowest BCUT2D eigenvalue weighted by molar-refractivity contribution is 0.477. The van der Waals surface area contributed by atoms with Gasteiger partial charge in [0, 0.05) is 24.8 Å². The zero-order valence-electron chi connectivity index (χ0n) is 10.7. The molecule has 0 aliphatic carbocycles. The molecular formula is C13H16N2O2S2. The maximum atomic E-state index is 12.5. The second kappa shape index (κ2) is 4.77. The van der Waals surface area contributed by atoms with Crippen molar-refractivity contribution in [3.05, 3.63) is 24.3 Å². The fourth-order valence-electron chi connectivity index (χ4n) is 2.37. The van der Waals surface area contributed by atoms with Gasteiger partial charge >= 0.3 is 0 Å². The lowest BCUT2D eigenvalue weighted by Crippen LogP contribution is -2.27. The number of hydrogen-bond acceptors (Lipinski definition) is 4. The number of rotatable bonds is 3. The Kier molecular flexibility index (Phi) is 3.24. The minimum Gasteiger partial charge on any atom is -0.380 e. The normalized spacial score (nSPS) is 17.1. The Bertz CT molecular complexity index is 701. The summed E-state index contributed by atoms with van der Waals surface area (Å²) < 4.78 is 27.5. The van der Waals surface area contributed by atoms with Gasteiger partial charge in [-0.2, -0.15) is 4.31 Å². The molecule has 3 rings (SSSR count). The molecule has 0 radical (unpaired) electrons. The van der Waals surface area contributed by atoms with Gasteiger partial charge in [-0.15, -0.1) is 11.3 Å². The summed E-state index contributed by atoms with van der Waals surface area (Å²) in [5.41, 5.74) is 0. The third-order valence-electron chi connectivity index (χ3n) is 3.44. The van der Waals surface area contributed by atoms with Crippen LogP contribution in [0.25, 0.3) is 10.1 Å². The molecule has 0 bridgehead atoms. The number of anilines is 1. The Morgan fingerprint density at radius 2 is 1.95 bits per heavy atom. The summed E-state index contributed by atoms with van der Waals surface area (Å²) in [4.78, 5) is 0.409. The van der Waals surface area contributed by atoms with E-state index in [0.717, 1.165) is 27.9 Å². The molecule has 1 aliphatic rings. The average Bonchev–Trinajstić information content (AvgIpc) is 3.06. The van der Waals surface area contributed by atoms with Gasteiger partial charge in [-0.3, -0.25) is 0 Å². The maximum absolute atomic E-state index is 12.5. The smallest absolute Gasteiger partial charge is 0.243 e.